The van der Waals surface area contributed by atoms with Crippen molar-refractivity contribution in [3.63, 3.8) is 0 Å². The Morgan fingerprint density at radius 1 is 1.42 bits per heavy atom. The minimum absolute atomic E-state index is 0.0498. The van der Waals surface area contributed by atoms with E-state index in [-0.39, 0.29) is 11.8 Å². The van der Waals surface area contributed by atoms with E-state index in [9.17, 15) is 4.79 Å². The van der Waals surface area contributed by atoms with Crippen LogP contribution in [0.15, 0.2) is 0 Å². The van der Waals surface area contributed by atoms with E-state index in [1.807, 2.05) is 0 Å². The molecule has 1 aliphatic carbocycles. The number of amides is 1. The van der Waals surface area contributed by atoms with Crippen molar-refractivity contribution in [2.24, 2.45) is 23.4 Å². The number of hydrogen-bond donors (Lipinski definition) is 3. The van der Waals surface area contributed by atoms with Crippen LogP contribution in [0.2, 0.25) is 0 Å². The van der Waals surface area contributed by atoms with Gasteiger partial charge < -0.3 is 5.73 Å². The summed E-state index contributed by atoms with van der Waals surface area (Å²) >= 11 is 0. The summed E-state index contributed by atoms with van der Waals surface area (Å²) in [5.41, 5.74) is 7.77. The summed E-state index contributed by atoms with van der Waals surface area (Å²) in [5, 5.41) is 0. The first-order valence-corrected chi connectivity index (χ1v) is 4.50. The summed E-state index contributed by atoms with van der Waals surface area (Å²) in [4.78, 5) is 11.2. The Hall–Kier alpha value is -0.610. The largest absolute Gasteiger partial charge is 0.330 e. The van der Waals surface area contributed by atoms with Gasteiger partial charge in [0.25, 0.3) is 0 Å². The van der Waals surface area contributed by atoms with Crippen LogP contribution in [0.1, 0.15) is 25.7 Å². The van der Waals surface area contributed by atoms with Crippen LogP contribution in [-0.2, 0) is 4.79 Å². The fraction of sp³-hybridized carbons (Fsp3) is 0.875. The fourth-order valence-corrected chi connectivity index (χ4v) is 1.94. The molecule has 12 heavy (non-hydrogen) atoms. The molecule has 5 N–H and O–H groups in total. The highest BCUT2D eigenvalue weighted by Crippen LogP contribution is 2.28. The topological polar surface area (TPSA) is 81.1 Å². The van der Waals surface area contributed by atoms with Gasteiger partial charge in [-0.15, -0.1) is 0 Å². The average molecular weight is 171 g/mol. The Morgan fingerprint density at radius 3 is 2.67 bits per heavy atom. The van der Waals surface area contributed by atoms with E-state index in [0.717, 1.165) is 19.3 Å². The Labute approximate surface area is 72.6 Å². The zero-order chi connectivity index (χ0) is 8.97. The number of nitrogens with two attached hydrogens (primary N) is 2. The van der Waals surface area contributed by atoms with Gasteiger partial charge in [-0.25, -0.2) is 5.84 Å². The third-order valence-corrected chi connectivity index (χ3v) is 2.69. The third kappa shape index (κ3) is 1.95. The van der Waals surface area contributed by atoms with Gasteiger partial charge in [-0.2, -0.15) is 0 Å². The van der Waals surface area contributed by atoms with Crippen LogP contribution < -0.4 is 17.0 Å². The molecule has 2 unspecified atom stereocenters. The molecule has 1 aliphatic rings. The number of rotatable bonds is 2. The van der Waals surface area contributed by atoms with Gasteiger partial charge in [0, 0.05) is 5.92 Å². The minimum atomic E-state index is -0.0508. The lowest BCUT2D eigenvalue weighted by Gasteiger charge is -2.28. The maximum absolute atomic E-state index is 11.2. The molecule has 1 amide bonds. The molecular weight excluding hydrogens is 154 g/mol. The molecule has 1 fully saturated rings. The Balaban J connectivity index is 2.52. The van der Waals surface area contributed by atoms with Crippen molar-refractivity contribution in [3.05, 3.63) is 0 Å². The molecule has 0 bridgehead atoms. The highest BCUT2D eigenvalue weighted by Gasteiger charge is 2.29. The van der Waals surface area contributed by atoms with Crippen molar-refractivity contribution >= 4 is 5.91 Å². The van der Waals surface area contributed by atoms with Gasteiger partial charge in [0.05, 0.1) is 0 Å². The van der Waals surface area contributed by atoms with Crippen molar-refractivity contribution in [3.8, 4) is 0 Å². The summed E-state index contributed by atoms with van der Waals surface area (Å²) < 4.78 is 0. The van der Waals surface area contributed by atoms with Gasteiger partial charge in [0.1, 0.15) is 0 Å². The number of carbonyl (C=O) groups is 1. The lowest BCUT2D eigenvalue weighted by atomic mass is 9.79. The van der Waals surface area contributed by atoms with Crippen molar-refractivity contribution in [1.29, 1.82) is 0 Å². The molecule has 0 aliphatic heterocycles. The quantitative estimate of drug-likeness (QED) is 0.304. The molecule has 0 aromatic carbocycles. The molecular formula is C8H17N3O. The SMILES string of the molecule is NCC1CCCCC1C(=O)NN. The maximum Gasteiger partial charge on any atom is 0.237 e. The van der Waals surface area contributed by atoms with Crippen LogP contribution in [0.3, 0.4) is 0 Å². The van der Waals surface area contributed by atoms with Crippen molar-refractivity contribution in [2.45, 2.75) is 25.7 Å². The van der Waals surface area contributed by atoms with Crippen molar-refractivity contribution < 1.29 is 4.79 Å². The molecule has 0 aromatic rings. The predicted molar refractivity (Wildman–Crippen MR) is 46.8 cm³/mol. The Kier molecular flexibility index (Phi) is 3.49. The van der Waals surface area contributed by atoms with Crippen LogP contribution in [-0.4, -0.2) is 12.5 Å². The van der Waals surface area contributed by atoms with E-state index < -0.39 is 0 Å². The van der Waals surface area contributed by atoms with Gasteiger partial charge >= 0.3 is 0 Å². The standard InChI is InChI=1S/C8H17N3O/c9-5-6-3-1-2-4-7(6)8(12)11-10/h6-7H,1-5,9-10H2,(H,11,12). The summed E-state index contributed by atoms with van der Waals surface area (Å²) in [7, 11) is 0. The van der Waals surface area contributed by atoms with E-state index in [1.54, 1.807) is 0 Å². The molecule has 0 spiro atoms. The van der Waals surface area contributed by atoms with Crippen LogP contribution >= 0.6 is 0 Å². The summed E-state index contributed by atoms with van der Waals surface area (Å²) in [6.45, 7) is 0.595. The smallest absolute Gasteiger partial charge is 0.237 e. The van der Waals surface area contributed by atoms with Crippen molar-refractivity contribution in [2.75, 3.05) is 6.54 Å². The number of carbonyl (C=O) groups excluding carboxylic acids is 1. The average Bonchev–Trinajstić information content (AvgIpc) is 2.16. The molecule has 1 saturated carbocycles. The van der Waals surface area contributed by atoms with Crippen molar-refractivity contribution in [1.82, 2.24) is 5.43 Å². The molecule has 4 nitrogen and oxygen atoms in total. The second kappa shape index (κ2) is 4.42. The number of hydrazine groups is 1. The van der Waals surface area contributed by atoms with E-state index in [0.29, 0.717) is 12.5 Å². The Morgan fingerprint density at radius 2 is 2.08 bits per heavy atom. The van der Waals surface area contributed by atoms with Crippen LogP contribution in [0.25, 0.3) is 0 Å². The monoisotopic (exact) mass is 171 g/mol. The van der Waals surface area contributed by atoms with E-state index in [4.69, 9.17) is 11.6 Å². The molecule has 1 rings (SSSR count). The van der Waals surface area contributed by atoms with E-state index >= 15 is 0 Å². The van der Waals surface area contributed by atoms with Gasteiger partial charge in [-0.3, -0.25) is 10.2 Å². The first-order valence-electron chi connectivity index (χ1n) is 4.50. The lowest BCUT2D eigenvalue weighted by Crippen LogP contribution is -2.42. The molecule has 0 radical (unpaired) electrons. The van der Waals surface area contributed by atoms with Gasteiger partial charge in [-0.1, -0.05) is 12.8 Å². The van der Waals surface area contributed by atoms with E-state index in [1.165, 1.54) is 6.42 Å². The highest BCUT2D eigenvalue weighted by molar-refractivity contribution is 5.78. The third-order valence-electron chi connectivity index (χ3n) is 2.69. The van der Waals surface area contributed by atoms with E-state index in [2.05, 4.69) is 5.43 Å². The van der Waals surface area contributed by atoms with Gasteiger partial charge in [-0.05, 0) is 25.3 Å². The number of hydrogen-bond acceptors (Lipinski definition) is 3. The summed E-state index contributed by atoms with van der Waals surface area (Å²) in [6, 6.07) is 0. The molecule has 4 heteroatoms. The molecule has 0 heterocycles. The molecule has 70 valence electrons. The van der Waals surface area contributed by atoms with Crippen LogP contribution in [0.5, 0.6) is 0 Å². The first-order chi connectivity index (χ1) is 5.79. The van der Waals surface area contributed by atoms with Gasteiger partial charge in [0.15, 0.2) is 0 Å². The van der Waals surface area contributed by atoms with Crippen LogP contribution in [0.4, 0.5) is 0 Å². The van der Waals surface area contributed by atoms with Gasteiger partial charge in [0.2, 0.25) is 5.91 Å². The normalized spacial score (nSPS) is 29.8. The maximum atomic E-state index is 11.2. The first kappa shape index (κ1) is 9.48. The predicted octanol–water partition coefficient (Wildman–Crippen LogP) is -0.259. The second-order valence-electron chi connectivity index (χ2n) is 3.40. The highest BCUT2D eigenvalue weighted by atomic mass is 16.2. The number of nitrogens with one attached hydrogen (secondary N) is 1. The lowest BCUT2D eigenvalue weighted by molar-refractivity contribution is -0.127. The summed E-state index contributed by atoms with van der Waals surface area (Å²) in [6.07, 6.45) is 4.31. The molecule has 0 aromatic heterocycles. The summed E-state index contributed by atoms with van der Waals surface area (Å²) in [5.74, 6) is 5.41. The molecule has 0 saturated heterocycles. The second-order valence-corrected chi connectivity index (χ2v) is 3.40. The fourth-order valence-electron chi connectivity index (χ4n) is 1.94. The van der Waals surface area contributed by atoms with Crippen LogP contribution in [0, 0.1) is 11.8 Å². The minimum Gasteiger partial charge on any atom is -0.330 e. The Bertz CT molecular complexity index is 160. The zero-order valence-electron chi connectivity index (χ0n) is 7.25. The molecule has 2 atom stereocenters. The zero-order valence-corrected chi connectivity index (χ0v) is 7.25.